The highest BCUT2D eigenvalue weighted by molar-refractivity contribution is 7.18. The lowest BCUT2D eigenvalue weighted by Gasteiger charge is -2.09. The molecular weight excluding hydrogens is 294 g/mol. The van der Waals surface area contributed by atoms with E-state index in [1.165, 1.54) is 36.1 Å². The first-order valence-corrected chi connectivity index (χ1v) is 8.56. The van der Waals surface area contributed by atoms with Crippen molar-refractivity contribution < 1.29 is 5.11 Å². The molecule has 0 spiro atoms. The molecule has 0 aromatic carbocycles. The summed E-state index contributed by atoms with van der Waals surface area (Å²) in [5.41, 5.74) is 2.16. The average Bonchev–Trinajstić information content (AvgIpc) is 2.85. The Bertz CT molecular complexity index is 814. The van der Waals surface area contributed by atoms with Crippen molar-refractivity contribution in [3.63, 3.8) is 0 Å². The van der Waals surface area contributed by atoms with Crippen LogP contribution >= 0.6 is 11.3 Å². The van der Waals surface area contributed by atoms with Gasteiger partial charge in [0.05, 0.1) is 5.39 Å². The van der Waals surface area contributed by atoms with E-state index in [0.717, 1.165) is 28.6 Å². The number of aromatic hydroxyl groups is 1. The number of aryl methyl sites for hydroxylation is 2. The standard InChI is InChI=1S/C17H17N3OS/c21-16-14-12-5-3-1-2-4-6-13(12)22-17(14)20-15(19-16)11-7-9-18-10-8-11/h7-10H,1-6H2,(H,19,20,21). The summed E-state index contributed by atoms with van der Waals surface area (Å²) >= 11 is 1.72. The molecule has 0 amide bonds. The van der Waals surface area contributed by atoms with Crippen molar-refractivity contribution in [3.05, 3.63) is 35.0 Å². The number of pyridine rings is 1. The molecule has 1 N–H and O–H groups in total. The molecule has 0 saturated heterocycles. The highest BCUT2D eigenvalue weighted by atomic mass is 32.1. The molecule has 0 unspecified atom stereocenters. The van der Waals surface area contributed by atoms with Crippen LogP contribution in [0.3, 0.4) is 0 Å². The van der Waals surface area contributed by atoms with Crippen LogP contribution in [0.15, 0.2) is 24.5 Å². The van der Waals surface area contributed by atoms with Gasteiger partial charge in [0.15, 0.2) is 5.82 Å². The summed E-state index contributed by atoms with van der Waals surface area (Å²) in [5, 5.41) is 11.3. The second-order valence-electron chi connectivity index (χ2n) is 5.70. The molecule has 0 atom stereocenters. The molecule has 1 aliphatic rings. The summed E-state index contributed by atoms with van der Waals surface area (Å²) in [7, 11) is 0. The van der Waals surface area contributed by atoms with Gasteiger partial charge in [0.25, 0.3) is 0 Å². The second kappa shape index (κ2) is 5.65. The molecule has 112 valence electrons. The predicted molar refractivity (Wildman–Crippen MR) is 88.2 cm³/mol. The van der Waals surface area contributed by atoms with E-state index >= 15 is 0 Å². The maximum absolute atomic E-state index is 10.5. The van der Waals surface area contributed by atoms with Gasteiger partial charge in [-0.3, -0.25) is 4.98 Å². The molecule has 5 heteroatoms. The Morgan fingerprint density at radius 2 is 1.73 bits per heavy atom. The number of hydrogen-bond acceptors (Lipinski definition) is 5. The van der Waals surface area contributed by atoms with E-state index in [2.05, 4.69) is 9.97 Å². The zero-order chi connectivity index (χ0) is 14.9. The number of rotatable bonds is 1. The number of nitrogens with zero attached hydrogens (tertiary/aromatic N) is 3. The lowest BCUT2D eigenvalue weighted by atomic mass is 9.98. The van der Waals surface area contributed by atoms with Crippen molar-refractivity contribution in [3.8, 4) is 17.3 Å². The summed E-state index contributed by atoms with van der Waals surface area (Å²) in [4.78, 5) is 15.3. The fourth-order valence-corrected chi connectivity index (χ4v) is 4.38. The van der Waals surface area contributed by atoms with Crippen LogP contribution in [0.2, 0.25) is 0 Å². The Labute approximate surface area is 132 Å². The van der Waals surface area contributed by atoms with Crippen LogP contribution in [-0.4, -0.2) is 20.1 Å². The van der Waals surface area contributed by atoms with Crippen LogP contribution in [-0.2, 0) is 12.8 Å². The largest absolute Gasteiger partial charge is 0.493 e. The maximum Gasteiger partial charge on any atom is 0.223 e. The molecule has 0 fully saturated rings. The van der Waals surface area contributed by atoms with E-state index in [0.29, 0.717) is 5.82 Å². The quantitative estimate of drug-likeness (QED) is 0.734. The highest BCUT2D eigenvalue weighted by Gasteiger charge is 2.19. The summed E-state index contributed by atoms with van der Waals surface area (Å²) in [5.74, 6) is 0.691. The average molecular weight is 311 g/mol. The van der Waals surface area contributed by atoms with Crippen LogP contribution in [0.25, 0.3) is 21.6 Å². The third-order valence-corrected chi connectivity index (χ3v) is 5.42. The van der Waals surface area contributed by atoms with Gasteiger partial charge < -0.3 is 5.11 Å². The fraction of sp³-hybridized carbons (Fsp3) is 0.353. The van der Waals surface area contributed by atoms with Gasteiger partial charge in [-0.2, -0.15) is 4.98 Å². The van der Waals surface area contributed by atoms with Crippen LogP contribution in [0, 0.1) is 0 Å². The van der Waals surface area contributed by atoms with Gasteiger partial charge in [-0.05, 0) is 43.4 Å². The first-order valence-electron chi connectivity index (χ1n) is 7.74. The topological polar surface area (TPSA) is 58.9 Å². The molecule has 3 aromatic rings. The molecule has 0 aliphatic heterocycles. The molecule has 0 saturated carbocycles. The van der Waals surface area contributed by atoms with Gasteiger partial charge in [0.2, 0.25) is 5.88 Å². The maximum atomic E-state index is 10.5. The molecule has 4 rings (SSSR count). The number of hydrogen-bond donors (Lipinski definition) is 1. The van der Waals surface area contributed by atoms with Crippen molar-refractivity contribution in [2.45, 2.75) is 38.5 Å². The third kappa shape index (κ3) is 2.35. The van der Waals surface area contributed by atoms with Crippen LogP contribution < -0.4 is 0 Å². The summed E-state index contributed by atoms with van der Waals surface area (Å²) in [6.45, 7) is 0. The van der Waals surface area contributed by atoms with E-state index in [9.17, 15) is 5.11 Å². The van der Waals surface area contributed by atoms with Crippen molar-refractivity contribution in [2.75, 3.05) is 0 Å². The first kappa shape index (κ1) is 13.6. The second-order valence-corrected chi connectivity index (χ2v) is 6.79. The molecule has 0 bridgehead atoms. The van der Waals surface area contributed by atoms with E-state index in [-0.39, 0.29) is 5.88 Å². The van der Waals surface area contributed by atoms with Gasteiger partial charge in [0, 0.05) is 22.8 Å². The summed E-state index contributed by atoms with van der Waals surface area (Å²) in [6, 6.07) is 3.73. The van der Waals surface area contributed by atoms with Gasteiger partial charge in [-0.15, -0.1) is 11.3 Å². The van der Waals surface area contributed by atoms with Gasteiger partial charge in [0.1, 0.15) is 4.83 Å². The van der Waals surface area contributed by atoms with Gasteiger partial charge in [-0.25, -0.2) is 4.98 Å². The third-order valence-electron chi connectivity index (χ3n) is 4.23. The zero-order valence-electron chi connectivity index (χ0n) is 12.2. The number of aromatic nitrogens is 3. The van der Waals surface area contributed by atoms with Gasteiger partial charge >= 0.3 is 0 Å². The minimum Gasteiger partial charge on any atom is -0.493 e. The number of thiophene rings is 1. The normalized spacial score (nSPS) is 15.3. The van der Waals surface area contributed by atoms with Crippen molar-refractivity contribution in [1.82, 2.24) is 15.0 Å². The van der Waals surface area contributed by atoms with Crippen molar-refractivity contribution in [1.29, 1.82) is 0 Å². The monoisotopic (exact) mass is 311 g/mol. The highest BCUT2D eigenvalue weighted by Crippen LogP contribution is 2.38. The van der Waals surface area contributed by atoms with E-state index in [1.807, 2.05) is 12.1 Å². The molecule has 22 heavy (non-hydrogen) atoms. The number of fused-ring (bicyclic) bond motifs is 3. The molecular formula is C17H17N3OS. The first-order chi connectivity index (χ1) is 10.8. The molecule has 1 aliphatic carbocycles. The van der Waals surface area contributed by atoms with E-state index in [4.69, 9.17) is 4.98 Å². The summed E-state index contributed by atoms with van der Waals surface area (Å²) in [6.07, 6.45) is 10.5. The van der Waals surface area contributed by atoms with Crippen LogP contribution in [0.5, 0.6) is 5.88 Å². The molecule has 4 nitrogen and oxygen atoms in total. The minimum atomic E-state index is 0.120. The van der Waals surface area contributed by atoms with E-state index in [1.54, 1.807) is 23.7 Å². The van der Waals surface area contributed by atoms with E-state index < -0.39 is 0 Å². The Morgan fingerprint density at radius 3 is 2.55 bits per heavy atom. The Kier molecular flexibility index (Phi) is 3.50. The fourth-order valence-electron chi connectivity index (χ4n) is 3.12. The lowest BCUT2D eigenvalue weighted by Crippen LogP contribution is -1.96. The molecule has 0 radical (unpaired) electrons. The van der Waals surface area contributed by atoms with Crippen LogP contribution in [0.4, 0.5) is 0 Å². The lowest BCUT2D eigenvalue weighted by molar-refractivity contribution is 0.459. The minimum absolute atomic E-state index is 0.120. The predicted octanol–water partition coefficient (Wildman–Crippen LogP) is 4.12. The van der Waals surface area contributed by atoms with Crippen molar-refractivity contribution in [2.24, 2.45) is 0 Å². The SMILES string of the molecule is Oc1nc(-c2ccncc2)nc2sc3c(c12)CCCCCC3. The smallest absolute Gasteiger partial charge is 0.223 e. The molecule has 3 aromatic heterocycles. The zero-order valence-corrected chi connectivity index (χ0v) is 13.1. The molecule has 3 heterocycles. The summed E-state index contributed by atoms with van der Waals surface area (Å²) < 4.78 is 0. The Hall–Kier alpha value is -2.01. The van der Waals surface area contributed by atoms with Crippen molar-refractivity contribution >= 4 is 21.6 Å². The Balaban J connectivity index is 1.88. The van der Waals surface area contributed by atoms with Gasteiger partial charge in [-0.1, -0.05) is 12.8 Å². The Morgan fingerprint density at radius 1 is 0.955 bits per heavy atom. The van der Waals surface area contributed by atoms with Crippen LogP contribution in [0.1, 0.15) is 36.1 Å².